The van der Waals surface area contributed by atoms with E-state index in [0.29, 0.717) is 23.3 Å². The summed E-state index contributed by atoms with van der Waals surface area (Å²) in [7, 11) is 1.52. The molecule has 0 spiro atoms. The number of Topliss-reactive ketones (excluding diaryl/α,β-unsaturated/α-hetero) is 2. The van der Waals surface area contributed by atoms with Gasteiger partial charge in [0.25, 0.3) is 5.91 Å². The van der Waals surface area contributed by atoms with E-state index in [-0.39, 0.29) is 36.1 Å². The second-order valence-corrected chi connectivity index (χ2v) is 11.9. The van der Waals surface area contributed by atoms with E-state index in [1.54, 1.807) is 0 Å². The molecule has 0 saturated heterocycles. The molecule has 0 heterocycles. The number of carbonyl (C=O) groups is 3. The van der Waals surface area contributed by atoms with Crippen LogP contribution >= 0.6 is 0 Å². The number of nitrogens with two attached hydrogens (primary N) is 1. The highest BCUT2D eigenvalue weighted by Crippen LogP contribution is 2.53. The molecule has 1 aromatic rings. The molecule has 1 unspecified atom stereocenters. The van der Waals surface area contributed by atoms with Crippen molar-refractivity contribution in [3.8, 4) is 11.5 Å². The first-order valence-electron chi connectivity index (χ1n) is 14.0. The number of allylic oxidation sites excluding steroid dienone is 2. The molecule has 4 aliphatic rings. The molecule has 0 aromatic heterocycles. The zero-order valence-corrected chi connectivity index (χ0v) is 23.2. The van der Waals surface area contributed by atoms with Crippen molar-refractivity contribution in [3.63, 3.8) is 0 Å². The smallest absolute Gasteiger partial charge is 0.255 e. The van der Waals surface area contributed by atoms with Gasteiger partial charge in [0, 0.05) is 42.1 Å². The highest BCUT2D eigenvalue weighted by Gasteiger charge is 2.59. The topological polar surface area (TPSA) is 171 Å². The first-order chi connectivity index (χ1) is 18.9. The Bertz CT molecular complexity index is 1350. The first kappa shape index (κ1) is 28.2. The molecular formula is C30H38N2O8. The summed E-state index contributed by atoms with van der Waals surface area (Å²) in [6.45, 7) is 6.59. The minimum Gasteiger partial charge on any atom is -0.511 e. The van der Waals surface area contributed by atoms with Gasteiger partial charge in [-0.2, -0.15) is 0 Å². The predicted molar refractivity (Wildman–Crippen MR) is 145 cm³/mol. The van der Waals surface area contributed by atoms with E-state index < -0.39 is 52.0 Å². The number of nitrogens with zero attached hydrogens (tertiary/aromatic N) is 1. The van der Waals surface area contributed by atoms with Crippen molar-refractivity contribution in [1.29, 1.82) is 0 Å². The normalized spacial score (nSPS) is 27.2. The molecule has 1 amide bonds. The maximum Gasteiger partial charge on any atom is 0.255 e. The van der Waals surface area contributed by atoms with Gasteiger partial charge in [0.1, 0.15) is 28.6 Å². The molecule has 4 aliphatic carbocycles. The molecule has 1 fully saturated rings. The Hall–Kier alpha value is -3.37. The number of amides is 1. The van der Waals surface area contributed by atoms with Crippen LogP contribution in [0.3, 0.4) is 0 Å². The number of hydrogen-bond acceptors (Lipinski definition) is 9. The van der Waals surface area contributed by atoms with Crippen molar-refractivity contribution >= 4 is 17.5 Å². The third-order valence-electron chi connectivity index (χ3n) is 9.86. The molecule has 0 aliphatic heterocycles. The molecule has 0 radical (unpaired) electrons. The number of aliphatic hydroxyl groups is 3. The molecular weight excluding hydrogens is 516 g/mol. The third kappa shape index (κ3) is 4.03. The highest BCUT2D eigenvalue weighted by atomic mass is 16.5. The van der Waals surface area contributed by atoms with Crippen LogP contribution < -0.4 is 10.5 Å². The molecule has 10 nitrogen and oxygen atoms in total. The van der Waals surface area contributed by atoms with Gasteiger partial charge in [0.15, 0.2) is 11.4 Å². The standard InChI is InChI=1S/C30H38N2O8/c1-4-29(7-6-8-29)14-32(5-2)13-16-11-19(33)22-18(25(16)40-3)10-15-9-17-12-20(34)23(28(31)38)27(37)30(17,39)26(36)21(15)24(22)35/h11,15,17,33-34,36,39H,4-10,12-14H2,1-3H3,(H2,31,38)/t15?,17-,30-/m0/s1. The lowest BCUT2D eigenvalue weighted by Crippen LogP contribution is -2.57. The predicted octanol–water partition coefficient (Wildman–Crippen LogP) is 2.99. The fraction of sp³-hybridized carbons (Fsp3) is 0.567. The average molecular weight is 555 g/mol. The number of ether oxygens (including phenoxy) is 1. The minimum atomic E-state index is -2.58. The largest absolute Gasteiger partial charge is 0.511 e. The molecule has 5 rings (SSSR count). The van der Waals surface area contributed by atoms with Crippen LogP contribution in [0.2, 0.25) is 0 Å². The fourth-order valence-corrected chi connectivity index (χ4v) is 7.40. The van der Waals surface area contributed by atoms with Gasteiger partial charge in [-0.1, -0.05) is 20.3 Å². The lowest BCUT2D eigenvalue weighted by atomic mass is 9.60. The minimum absolute atomic E-state index is 0.0377. The number of rotatable bonds is 8. The lowest BCUT2D eigenvalue weighted by molar-refractivity contribution is -0.144. The van der Waals surface area contributed by atoms with Gasteiger partial charge in [-0.15, -0.1) is 0 Å². The third-order valence-corrected chi connectivity index (χ3v) is 9.86. The molecule has 0 bridgehead atoms. The second kappa shape index (κ2) is 9.92. The molecule has 6 N–H and O–H groups in total. The quantitative estimate of drug-likeness (QED) is 0.303. The van der Waals surface area contributed by atoms with Gasteiger partial charge in [-0.25, -0.2) is 0 Å². The number of primary amides is 1. The number of hydrogen-bond donors (Lipinski definition) is 5. The van der Waals surface area contributed by atoms with Crippen molar-refractivity contribution in [1.82, 2.24) is 4.90 Å². The molecule has 216 valence electrons. The van der Waals surface area contributed by atoms with Crippen molar-refractivity contribution in [2.75, 3.05) is 20.2 Å². The first-order valence-corrected chi connectivity index (χ1v) is 14.0. The van der Waals surface area contributed by atoms with E-state index in [4.69, 9.17) is 10.5 Å². The molecule has 40 heavy (non-hydrogen) atoms. The number of aliphatic hydroxyl groups excluding tert-OH is 2. The lowest BCUT2D eigenvalue weighted by Gasteiger charge is -2.46. The van der Waals surface area contributed by atoms with E-state index in [9.17, 15) is 34.8 Å². The monoisotopic (exact) mass is 554 g/mol. The van der Waals surface area contributed by atoms with Crippen LogP contribution in [0, 0.1) is 17.3 Å². The van der Waals surface area contributed by atoms with Crippen LogP contribution in [0.15, 0.2) is 28.7 Å². The summed E-state index contributed by atoms with van der Waals surface area (Å²) in [5.41, 5.74) is 3.25. The van der Waals surface area contributed by atoms with Crippen molar-refractivity contribution < 1.29 is 39.5 Å². The summed E-state index contributed by atoms with van der Waals surface area (Å²) in [6, 6.07) is 1.52. The Morgan fingerprint density at radius 2 is 1.88 bits per heavy atom. The van der Waals surface area contributed by atoms with Crippen LogP contribution in [0.25, 0.3) is 0 Å². The SMILES string of the molecule is CCN(Cc1cc(O)c2c(c1OC)CC1C[C@H]3CC(O)=C(C(N)=O)C(=O)[C@@]3(O)C(O)=C1C2=O)CC1(CC)CCC1. The highest BCUT2D eigenvalue weighted by molar-refractivity contribution is 6.24. The molecule has 10 heteroatoms. The summed E-state index contributed by atoms with van der Waals surface area (Å²) >= 11 is 0. The van der Waals surface area contributed by atoms with E-state index in [1.165, 1.54) is 32.4 Å². The number of phenols is 1. The number of benzene rings is 1. The van der Waals surface area contributed by atoms with E-state index in [1.807, 2.05) is 0 Å². The van der Waals surface area contributed by atoms with Gasteiger partial charge in [-0.3, -0.25) is 19.3 Å². The summed E-state index contributed by atoms with van der Waals surface area (Å²) in [6.07, 6.45) is 4.77. The number of methoxy groups -OCH3 is 1. The number of ketones is 2. The number of phenolic OH excluding ortho intramolecular Hbond substituents is 1. The zero-order chi connectivity index (χ0) is 29.1. The summed E-state index contributed by atoms with van der Waals surface area (Å²) < 4.78 is 5.83. The van der Waals surface area contributed by atoms with Crippen LogP contribution in [0.4, 0.5) is 0 Å². The van der Waals surface area contributed by atoms with Gasteiger partial charge in [0.05, 0.1) is 12.7 Å². The van der Waals surface area contributed by atoms with Crippen molar-refractivity contribution in [2.24, 2.45) is 23.0 Å². The Morgan fingerprint density at radius 3 is 2.42 bits per heavy atom. The van der Waals surface area contributed by atoms with Gasteiger partial charge >= 0.3 is 0 Å². The number of carbonyl (C=O) groups excluding carboxylic acids is 3. The zero-order valence-electron chi connectivity index (χ0n) is 23.2. The Kier molecular flexibility index (Phi) is 6.99. The Morgan fingerprint density at radius 1 is 1.18 bits per heavy atom. The van der Waals surface area contributed by atoms with Crippen LogP contribution in [-0.2, 0) is 22.6 Å². The molecule has 3 atom stereocenters. The maximum absolute atomic E-state index is 13.8. The number of aromatic hydroxyl groups is 1. The van der Waals surface area contributed by atoms with Gasteiger partial charge in [-0.05, 0) is 56.0 Å². The van der Waals surface area contributed by atoms with E-state index >= 15 is 0 Å². The van der Waals surface area contributed by atoms with E-state index in [2.05, 4.69) is 18.7 Å². The van der Waals surface area contributed by atoms with Gasteiger partial charge in [0.2, 0.25) is 5.78 Å². The maximum atomic E-state index is 13.8. The summed E-state index contributed by atoms with van der Waals surface area (Å²) in [4.78, 5) is 41.1. The van der Waals surface area contributed by atoms with Crippen molar-refractivity contribution in [3.05, 3.63) is 45.4 Å². The summed E-state index contributed by atoms with van der Waals surface area (Å²) in [5, 5.41) is 44.1. The Labute approximate surface area is 233 Å². The Balaban J connectivity index is 1.55. The second-order valence-electron chi connectivity index (χ2n) is 11.9. The van der Waals surface area contributed by atoms with E-state index in [0.717, 1.165) is 25.1 Å². The fourth-order valence-electron chi connectivity index (χ4n) is 7.40. The summed E-state index contributed by atoms with van der Waals surface area (Å²) in [5.74, 6) is -5.92. The van der Waals surface area contributed by atoms with Gasteiger partial charge < -0.3 is 30.9 Å². The van der Waals surface area contributed by atoms with Crippen LogP contribution in [0.5, 0.6) is 11.5 Å². The number of fused-ring (bicyclic) bond motifs is 3. The molecule has 1 saturated carbocycles. The van der Waals surface area contributed by atoms with Crippen LogP contribution in [-0.4, -0.2) is 68.6 Å². The van der Waals surface area contributed by atoms with Crippen LogP contribution in [0.1, 0.15) is 73.9 Å². The molecule has 1 aromatic carbocycles. The average Bonchev–Trinajstić information content (AvgIpc) is 2.87. The van der Waals surface area contributed by atoms with Crippen molar-refractivity contribution in [2.45, 2.75) is 70.9 Å².